The third-order valence-electron chi connectivity index (χ3n) is 3.63. The molecule has 0 atom stereocenters. The van der Waals surface area contributed by atoms with Crippen LogP contribution in [0.5, 0.6) is 11.8 Å². The van der Waals surface area contributed by atoms with Crippen LogP contribution < -0.4 is 9.68 Å². The first-order valence-electron chi connectivity index (χ1n) is 8.23. The molecule has 0 saturated heterocycles. The minimum absolute atomic E-state index is 0.338. The lowest BCUT2D eigenvalue weighted by Gasteiger charge is -2.04. The molecule has 1 heterocycles. The Labute approximate surface area is 152 Å². The van der Waals surface area contributed by atoms with E-state index in [0.29, 0.717) is 11.8 Å². The topological polar surface area (TPSA) is 56.1 Å². The maximum atomic E-state index is 5.40. The second kappa shape index (κ2) is 8.58. The molecule has 5 heteroatoms. The van der Waals surface area contributed by atoms with Crippen molar-refractivity contribution in [2.45, 2.75) is 13.8 Å². The molecule has 26 heavy (non-hydrogen) atoms. The van der Waals surface area contributed by atoms with Crippen molar-refractivity contribution in [2.24, 2.45) is 10.3 Å². The van der Waals surface area contributed by atoms with E-state index in [1.54, 1.807) is 18.2 Å². The summed E-state index contributed by atoms with van der Waals surface area (Å²) in [6.07, 6.45) is 0. The van der Waals surface area contributed by atoms with Crippen LogP contribution in [-0.4, -0.2) is 16.4 Å². The Morgan fingerprint density at radius 2 is 1.04 bits per heavy atom. The quantitative estimate of drug-likeness (QED) is 0.481. The molecule has 3 aromatic rings. The number of pyridine rings is 1. The van der Waals surface area contributed by atoms with Crippen molar-refractivity contribution in [1.29, 1.82) is 0 Å². The Morgan fingerprint density at radius 3 is 1.46 bits per heavy atom. The van der Waals surface area contributed by atoms with E-state index < -0.39 is 0 Å². The zero-order chi connectivity index (χ0) is 18.2. The maximum Gasteiger partial charge on any atom is 0.252 e. The molecular formula is C21H19N3O2. The van der Waals surface area contributed by atoms with Crippen LogP contribution >= 0.6 is 0 Å². The van der Waals surface area contributed by atoms with E-state index in [2.05, 4.69) is 15.3 Å². The number of aromatic nitrogens is 1. The van der Waals surface area contributed by atoms with E-state index in [1.807, 2.05) is 74.5 Å². The maximum absolute atomic E-state index is 5.40. The van der Waals surface area contributed by atoms with Gasteiger partial charge in [-0.25, -0.2) is 0 Å². The minimum atomic E-state index is 0.338. The molecule has 0 spiro atoms. The van der Waals surface area contributed by atoms with Gasteiger partial charge in [0.1, 0.15) is 0 Å². The Hall–Kier alpha value is -3.47. The monoisotopic (exact) mass is 345 g/mol. The van der Waals surface area contributed by atoms with Gasteiger partial charge in [0.05, 0.1) is 11.4 Å². The van der Waals surface area contributed by atoms with Crippen molar-refractivity contribution in [3.8, 4) is 11.8 Å². The van der Waals surface area contributed by atoms with Gasteiger partial charge in [-0.05, 0) is 25.0 Å². The lowest BCUT2D eigenvalue weighted by Crippen LogP contribution is -2.00. The first-order valence-corrected chi connectivity index (χ1v) is 8.23. The van der Waals surface area contributed by atoms with Gasteiger partial charge in [-0.1, -0.05) is 77.0 Å². The highest BCUT2D eigenvalue weighted by atomic mass is 16.7. The Kier molecular flexibility index (Phi) is 5.72. The first-order chi connectivity index (χ1) is 12.7. The molecule has 3 rings (SSSR count). The molecule has 0 aliphatic heterocycles. The molecule has 1 aromatic heterocycles. The summed E-state index contributed by atoms with van der Waals surface area (Å²) in [4.78, 5) is 15.1. The largest absolute Gasteiger partial charge is 0.336 e. The summed E-state index contributed by atoms with van der Waals surface area (Å²) in [5.41, 5.74) is 3.50. The fraction of sp³-hybridized carbons (Fsp3) is 0.0952. The van der Waals surface area contributed by atoms with E-state index in [-0.39, 0.29) is 0 Å². The van der Waals surface area contributed by atoms with E-state index in [1.165, 1.54) is 0 Å². The molecule has 0 amide bonds. The molecule has 2 aromatic carbocycles. The number of nitrogens with zero attached hydrogens (tertiary/aromatic N) is 3. The summed E-state index contributed by atoms with van der Waals surface area (Å²) < 4.78 is 0. The van der Waals surface area contributed by atoms with Gasteiger partial charge in [0.15, 0.2) is 0 Å². The SMILES string of the molecule is CC(=NOc1cccc(ON=C(C)c2ccccc2)n1)c1ccccc1. The molecule has 0 fully saturated rings. The van der Waals surface area contributed by atoms with Gasteiger partial charge < -0.3 is 9.68 Å². The number of hydrogen-bond acceptors (Lipinski definition) is 5. The fourth-order valence-corrected chi connectivity index (χ4v) is 2.19. The summed E-state index contributed by atoms with van der Waals surface area (Å²) in [7, 11) is 0. The van der Waals surface area contributed by atoms with Crippen LogP contribution in [0.2, 0.25) is 0 Å². The van der Waals surface area contributed by atoms with Gasteiger partial charge in [-0.2, -0.15) is 4.98 Å². The molecule has 0 aliphatic carbocycles. The summed E-state index contributed by atoms with van der Waals surface area (Å²) in [5, 5.41) is 8.22. The van der Waals surface area contributed by atoms with Crippen LogP contribution in [0.1, 0.15) is 25.0 Å². The third-order valence-corrected chi connectivity index (χ3v) is 3.63. The average molecular weight is 345 g/mol. The fourth-order valence-electron chi connectivity index (χ4n) is 2.19. The van der Waals surface area contributed by atoms with Crippen molar-refractivity contribution in [1.82, 2.24) is 4.98 Å². The number of benzene rings is 2. The third kappa shape index (κ3) is 4.77. The predicted molar refractivity (Wildman–Crippen MR) is 103 cm³/mol. The lowest BCUT2D eigenvalue weighted by atomic mass is 10.1. The van der Waals surface area contributed by atoms with Crippen molar-refractivity contribution < 1.29 is 9.68 Å². The molecular weight excluding hydrogens is 326 g/mol. The van der Waals surface area contributed by atoms with Crippen LogP contribution in [0.25, 0.3) is 0 Å². The summed E-state index contributed by atoms with van der Waals surface area (Å²) in [6, 6.07) is 24.8. The molecule has 0 unspecified atom stereocenters. The molecule has 5 nitrogen and oxygen atoms in total. The highest BCUT2D eigenvalue weighted by Crippen LogP contribution is 2.15. The number of rotatable bonds is 6. The van der Waals surface area contributed by atoms with Gasteiger partial charge >= 0.3 is 0 Å². The van der Waals surface area contributed by atoms with Gasteiger partial charge in [-0.3, -0.25) is 0 Å². The molecule has 0 aliphatic rings. The molecule has 130 valence electrons. The Morgan fingerprint density at radius 1 is 0.615 bits per heavy atom. The Balaban J connectivity index is 1.67. The normalized spacial score (nSPS) is 11.9. The predicted octanol–water partition coefficient (Wildman–Crippen LogP) is 4.69. The van der Waals surface area contributed by atoms with Crippen LogP contribution in [0, 0.1) is 0 Å². The van der Waals surface area contributed by atoms with Crippen LogP contribution in [-0.2, 0) is 0 Å². The Bertz CT molecular complexity index is 834. The minimum Gasteiger partial charge on any atom is -0.336 e. The number of oxime groups is 2. The first kappa shape index (κ1) is 17.4. The van der Waals surface area contributed by atoms with Gasteiger partial charge in [0, 0.05) is 12.1 Å². The standard InChI is InChI=1S/C21H19N3O2/c1-16(18-10-5-3-6-11-18)23-25-20-14-9-15-21(22-20)26-24-17(2)19-12-7-4-8-13-19/h3-15H,1-2H3. The van der Waals surface area contributed by atoms with Crippen molar-refractivity contribution in [3.05, 3.63) is 90.0 Å². The lowest BCUT2D eigenvalue weighted by molar-refractivity contribution is 0.299. The van der Waals surface area contributed by atoms with Crippen molar-refractivity contribution >= 4 is 11.4 Å². The van der Waals surface area contributed by atoms with Gasteiger partial charge in [0.2, 0.25) is 0 Å². The second-order valence-electron chi connectivity index (χ2n) is 5.58. The molecule has 0 radical (unpaired) electrons. The summed E-state index contributed by atoms with van der Waals surface area (Å²) in [6.45, 7) is 3.76. The summed E-state index contributed by atoms with van der Waals surface area (Å²) in [5.74, 6) is 0.677. The van der Waals surface area contributed by atoms with Crippen molar-refractivity contribution in [2.75, 3.05) is 0 Å². The molecule has 0 saturated carbocycles. The highest BCUT2D eigenvalue weighted by Gasteiger charge is 2.03. The van der Waals surface area contributed by atoms with Crippen molar-refractivity contribution in [3.63, 3.8) is 0 Å². The zero-order valence-electron chi connectivity index (χ0n) is 14.7. The van der Waals surface area contributed by atoms with Crippen LogP contribution in [0.4, 0.5) is 0 Å². The highest BCUT2D eigenvalue weighted by molar-refractivity contribution is 5.98. The van der Waals surface area contributed by atoms with E-state index in [0.717, 1.165) is 22.6 Å². The van der Waals surface area contributed by atoms with E-state index >= 15 is 0 Å². The van der Waals surface area contributed by atoms with Gasteiger partial charge in [0.25, 0.3) is 11.8 Å². The average Bonchev–Trinajstić information content (AvgIpc) is 2.72. The summed E-state index contributed by atoms with van der Waals surface area (Å²) >= 11 is 0. The molecule has 0 bridgehead atoms. The number of hydrogen-bond donors (Lipinski definition) is 0. The van der Waals surface area contributed by atoms with E-state index in [9.17, 15) is 0 Å². The van der Waals surface area contributed by atoms with Crippen LogP contribution in [0.3, 0.4) is 0 Å². The second-order valence-corrected chi connectivity index (χ2v) is 5.58. The molecule has 0 N–H and O–H groups in total. The smallest absolute Gasteiger partial charge is 0.252 e. The van der Waals surface area contributed by atoms with Gasteiger partial charge in [-0.15, -0.1) is 0 Å². The zero-order valence-corrected chi connectivity index (χ0v) is 14.7. The van der Waals surface area contributed by atoms with E-state index in [4.69, 9.17) is 9.68 Å². The van der Waals surface area contributed by atoms with Crippen LogP contribution in [0.15, 0.2) is 89.2 Å².